The predicted molar refractivity (Wildman–Crippen MR) is 5.75 cm³/mol. The van der Waals surface area contributed by atoms with Crippen molar-refractivity contribution in [2.75, 3.05) is 0 Å². The van der Waals surface area contributed by atoms with Crippen LogP contribution in [0.3, 0.4) is 0 Å². The van der Waals surface area contributed by atoms with E-state index in [1.54, 1.807) is 0 Å². The van der Waals surface area contributed by atoms with Crippen molar-refractivity contribution in [2.24, 2.45) is 0 Å². The van der Waals surface area contributed by atoms with Crippen molar-refractivity contribution in [1.82, 2.24) is 0 Å². The van der Waals surface area contributed by atoms with Crippen LogP contribution in [0, 0.1) is 0 Å². The summed E-state index contributed by atoms with van der Waals surface area (Å²) in [6.45, 7) is 0. The number of hydrogen-bond acceptors (Lipinski definition) is 0. The summed E-state index contributed by atoms with van der Waals surface area (Å²) in [6.07, 6.45) is 0. The van der Waals surface area contributed by atoms with E-state index in [9.17, 15) is 0 Å². The molecule has 0 aliphatic heterocycles. The molecule has 0 amide bonds. The molecule has 0 fully saturated rings. The van der Waals surface area contributed by atoms with E-state index in [2.05, 4.69) is 0 Å². The third-order valence-electron chi connectivity index (χ3n) is 0. The van der Waals surface area contributed by atoms with E-state index in [1.807, 2.05) is 0 Å². The monoisotopic (exact) mass is 176 g/mol. The third-order valence-corrected chi connectivity index (χ3v) is 0. The van der Waals surface area contributed by atoms with E-state index < -0.39 is 0 Å². The van der Waals surface area contributed by atoms with Crippen LogP contribution in [-0.4, -0.2) is 18.9 Å². The second kappa shape index (κ2) is 19.2. The summed E-state index contributed by atoms with van der Waals surface area (Å²) in [5.41, 5.74) is 0. The Kier molecular flexibility index (Phi) is 170. The molecule has 0 spiro atoms. The molecule has 0 saturated carbocycles. The third kappa shape index (κ3) is 8.91. The van der Waals surface area contributed by atoms with Crippen LogP contribution in [0.1, 0.15) is 0 Å². The Bertz CT molecular complexity index is 6.00. The van der Waals surface area contributed by atoms with Gasteiger partial charge in [0, 0.05) is 69.8 Å². The van der Waals surface area contributed by atoms with Gasteiger partial charge in [0.15, 0.2) is 0 Å². The average molecular weight is 176 g/mol. The molecule has 0 heterocycles. The van der Waals surface area contributed by atoms with Gasteiger partial charge in [-0.2, -0.15) is 0 Å². The molecule has 0 saturated heterocycles. The second-order valence-electron chi connectivity index (χ2n) is 0. The van der Waals surface area contributed by atoms with E-state index in [-0.39, 0.29) is 69.8 Å². The maximum atomic E-state index is 0. The van der Waals surface area contributed by atoms with E-state index in [0.717, 1.165) is 0 Å². The Hall–Kier alpha value is 2.14. The molecule has 0 N–H and O–H groups in total. The molecule has 4 heteroatoms. The topological polar surface area (TPSA) is 0 Å². The maximum Gasteiger partial charge on any atom is 0 e. The van der Waals surface area contributed by atoms with Crippen molar-refractivity contribution in [2.45, 2.75) is 0 Å². The van der Waals surface area contributed by atoms with Gasteiger partial charge < -0.3 is 0 Å². The summed E-state index contributed by atoms with van der Waals surface area (Å²) in [7, 11) is 0. The molecule has 0 bridgehead atoms. The molecule has 0 aromatic heterocycles. The molecule has 4 heavy (non-hydrogen) atoms. The zero-order valence-electron chi connectivity index (χ0n) is 2.09. The first-order valence-corrected chi connectivity index (χ1v) is 0. The fourth-order valence-corrected chi connectivity index (χ4v) is 0. The summed E-state index contributed by atoms with van der Waals surface area (Å²) in [4.78, 5) is 0. The Morgan fingerprint density at radius 1 is 0.750 bits per heavy atom. The Balaban J connectivity index is 0. The zero-order chi connectivity index (χ0) is 0. The van der Waals surface area contributed by atoms with Crippen LogP contribution >= 0.6 is 0 Å². The van der Waals surface area contributed by atoms with Crippen molar-refractivity contribution in [3.8, 4) is 0 Å². The van der Waals surface area contributed by atoms with Crippen molar-refractivity contribution in [1.29, 1.82) is 0 Å². The number of rotatable bonds is 0. The van der Waals surface area contributed by atoms with Gasteiger partial charge in [0.25, 0.3) is 0 Å². The quantitative estimate of drug-likeness (QED) is 0.441. The molecule has 0 aromatic rings. The van der Waals surface area contributed by atoms with E-state index in [1.165, 1.54) is 0 Å². The normalized spacial score (nSPS) is 0. The van der Waals surface area contributed by atoms with Crippen LogP contribution in [0.2, 0.25) is 0 Å². The predicted octanol–water partition coefficient (Wildman–Crippen LogP) is -0.388. The van der Waals surface area contributed by atoms with E-state index in [0.29, 0.717) is 0 Å². The van der Waals surface area contributed by atoms with Gasteiger partial charge in [-0.15, -0.1) is 0 Å². The molecule has 0 atom stereocenters. The molecule has 0 unspecified atom stereocenters. The average Bonchev–Trinajstić information content (AvgIpc) is 0. The number of hydrogen-bond donors (Lipinski definition) is 0. The van der Waals surface area contributed by atoms with Crippen LogP contribution < -0.4 is 0 Å². The first kappa shape index (κ1) is 35.4. The molecule has 0 rings (SSSR count). The largest absolute Gasteiger partial charge is 0 e. The Labute approximate surface area is 69.2 Å². The van der Waals surface area contributed by atoms with Gasteiger partial charge in [-0.05, 0) is 0 Å². The molecule has 0 aromatic carbocycles. The van der Waals surface area contributed by atoms with Crippen LogP contribution in [0.25, 0.3) is 0 Å². The van der Waals surface area contributed by atoms with Gasteiger partial charge in [0.2, 0.25) is 0 Å². The van der Waals surface area contributed by atoms with E-state index >= 15 is 0 Å². The maximum absolute atomic E-state index is 0. The van der Waals surface area contributed by atoms with Gasteiger partial charge in [-0.3, -0.25) is 0 Å². The van der Waals surface area contributed by atoms with Gasteiger partial charge in [0.1, 0.15) is 0 Å². The van der Waals surface area contributed by atoms with Crippen molar-refractivity contribution >= 4 is 18.9 Å². The molecular formula is CoLiMn2. The van der Waals surface area contributed by atoms with Crippen molar-refractivity contribution in [3.05, 3.63) is 0 Å². The van der Waals surface area contributed by atoms with Gasteiger partial charge in [-0.1, -0.05) is 0 Å². The summed E-state index contributed by atoms with van der Waals surface area (Å²) < 4.78 is 0. The molecule has 0 nitrogen and oxygen atoms in total. The smallest absolute Gasteiger partial charge is 0 e. The minimum Gasteiger partial charge on any atom is 0 e. The zero-order valence-corrected chi connectivity index (χ0v) is 5.49. The summed E-state index contributed by atoms with van der Waals surface area (Å²) in [5, 5.41) is 0. The van der Waals surface area contributed by atoms with Crippen molar-refractivity contribution < 1.29 is 50.9 Å². The Morgan fingerprint density at radius 3 is 0.750 bits per heavy atom. The van der Waals surface area contributed by atoms with E-state index in [4.69, 9.17) is 0 Å². The van der Waals surface area contributed by atoms with Crippen LogP contribution in [-0.2, 0) is 50.9 Å². The first-order valence-electron chi connectivity index (χ1n) is 0. The Morgan fingerprint density at radius 2 is 0.750 bits per heavy atom. The second-order valence-corrected chi connectivity index (χ2v) is 0. The molecule has 0 aliphatic carbocycles. The van der Waals surface area contributed by atoms with Crippen molar-refractivity contribution in [3.63, 3.8) is 0 Å². The van der Waals surface area contributed by atoms with Gasteiger partial charge in [-0.25, -0.2) is 0 Å². The minimum absolute atomic E-state index is 0. The summed E-state index contributed by atoms with van der Waals surface area (Å²) in [6, 6.07) is 0. The van der Waals surface area contributed by atoms with Crippen LogP contribution in [0.5, 0.6) is 0 Å². The van der Waals surface area contributed by atoms with Gasteiger partial charge in [0.05, 0.1) is 0 Å². The summed E-state index contributed by atoms with van der Waals surface area (Å²) in [5.74, 6) is 0. The van der Waals surface area contributed by atoms with Crippen LogP contribution in [0.4, 0.5) is 0 Å². The molecular weight excluding hydrogens is 176 g/mol. The summed E-state index contributed by atoms with van der Waals surface area (Å²) >= 11 is 0. The van der Waals surface area contributed by atoms with Gasteiger partial charge >= 0.3 is 0 Å². The minimum atomic E-state index is 0. The molecule has 0 aliphatic rings. The SMILES string of the molecule is [Co].[Li].[Mn].[Mn]. The fourth-order valence-electron chi connectivity index (χ4n) is 0. The van der Waals surface area contributed by atoms with Crippen LogP contribution in [0.15, 0.2) is 0 Å². The first-order chi connectivity index (χ1) is 0. The molecule has 4 radical (unpaired) electrons. The fraction of sp³-hybridized carbons (Fsp3) is 0. The molecule has 24 valence electrons. The standard InChI is InChI=1S/Co.Li.2Mn.